The van der Waals surface area contributed by atoms with Crippen LogP contribution in [0.5, 0.6) is 0 Å². The zero-order chi connectivity index (χ0) is 14.0. The minimum atomic E-state index is -3.82. The van der Waals surface area contributed by atoms with Crippen molar-refractivity contribution < 1.29 is 17.9 Å². The number of nitrogens with one attached hydrogen (secondary N) is 2. The molecule has 18 heavy (non-hydrogen) atoms. The third-order valence-electron chi connectivity index (χ3n) is 2.27. The Balaban J connectivity index is 4.18. The Morgan fingerprint density at radius 3 is 2.50 bits per heavy atom. The van der Waals surface area contributed by atoms with Gasteiger partial charge in [-0.3, -0.25) is 0 Å². The second kappa shape index (κ2) is 9.57. The van der Waals surface area contributed by atoms with Gasteiger partial charge in [-0.1, -0.05) is 29.3 Å². The number of hydrogen-bond acceptors (Lipinski definition) is 4. The molecule has 0 heterocycles. The minimum absolute atomic E-state index is 0.128. The van der Waals surface area contributed by atoms with Crippen molar-refractivity contribution in [3.8, 4) is 0 Å². The molecule has 0 fully saturated rings. The third kappa shape index (κ3) is 8.71. The van der Waals surface area contributed by atoms with Crippen LogP contribution < -0.4 is 9.44 Å². The molecule has 0 spiro atoms. The number of carbonyl (C=O) groups is 1. The molecular weight excluding hydrogens is 324 g/mol. The van der Waals surface area contributed by atoms with Crippen molar-refractivity contribution >= 4 is 32.2 Å². The molecule has 0 aromatic carbocycles. The first-order chi connectivity index (χ1) is 8.45. The highest BCUT2D eigenvalue weighted by Crippen LogP contribution is 2.11. The van der Waals surface area contributed by atoms with E-state index < -0.39 is 16.3 Å². The normalized spacial score (nSPS) is 13.1. The summed E-state index contributed by atoms with van der Waals surface area (Å²) in [7, 11) is -3.82. The standard InChI is InChI=1S/C10H21BrN2O4S/c1-3-5-9(6-7-11)8-12-18(15,16)13-10(14)17-4-2/h9,12H,3-8H2,1-2H3,(H,13,14). The Hall–Kier alpha value is -0.340. The van der Waals surface area contributed by atoms with Crippen molar-refractivity contribution in [3.63, 3.8) is 0 Å². The average molecular weight is 345 g/mol. The van der Waals surface area contributed by atoms with Crippen LogP contribution in [-0.2, 0) is 14.9 Å². The molecule has 0 aromatic rings. The molecule has 108 valence electrons. The monoisotopic (exact) mass is 344 g/mol. The number of rotatable bonds is 9. The molecule has 0 radical (unpaired) electrons. The van der Waals surface area contributed by atoms with Gasteiger partial charge in [-0.2, -0.15) is 13.1 Å². The Bertz CT molecular complexity index is 329. The van der Waals surface area contributed by atoms with Crippen LogP contribution in [0.4, 0.5) is 4.79 Å². The van der Waals surface area contributed by atoms with Gasteiger partial charge in [0, 0.05) is 11.9 Å². The van der Waals surface area contributed by atoms with E-state index in [4.69, 9.17) is 0 Å². The van der Waals surface area contributed by atoms with Crippen LogP contribution in [0.15, 0.2) is 0 Å². The summed E-state index contributed by atoms with van der Waals surface area (Å²) in [6, 6.07) is 0. The SMILES string of the molecule is CCCC(CCBr)CNS(=O)(=O)NC(=O)OCC. The van der Waals surface area contributed by atoms with Gasteiger partial charge < -0.3 is 4.74 Å². The molecule has 0 aromatic heterocycles. The van der Waals surface area contributed by atoms with Crippen molar-refractivity contribution in [3.05, 3.63) is 0 Å². The number of amides is 1. The zero-order valence-corrected chi connectivity index (χ0v) is 13.1. The van der Waals surface area contributed by atoms with Crippen molar-refractivity contribution in [2.45, 2.75) is 33.1 Å². The van der Waals surface area contributed by atoms with Crippen LogP contribution in [-0.4, -0.2) is 33.0 Å². The second-order valence-corrected chi connectivity index (χ2v) is 6.10. The van der Waals surface area contributed by atoms with Gasteiger partial charge >= 0.3 is 16.3 Å². The fraction of sp³-hybridized carbons (Fsp3) is 0.900. The van der Waals surface area contributed by atoms with E-state index >= 15 is 0 Å². The molecule has 0 aliphatic rings. The highest BCUT2D eigenvalue weighted by atomic mass is 79.9. The molecule has 0 rings (SSSR count). The Morgan fingerprint density at radius 1 is 1.33 bits per heavy atom. The maximum atomic E-state index is 11.5. The van der Waals surface area contributed by atoms with Crippen LogP contribution >= 0.6 is 15.9 Å². The Morgan fingerprint density at radius 2 is 2.00 bits per heavy atom. The summed E-state index contributed by atoms with van der Waals surface area (Å²) in [5, 5.41) is 0.824. The summed E-state index contributed by atoms with van der Waals surface area (Å²) in [5.74, 6) is 0.258. The fourth-order valence-corrected chi connectivity index (χ4v) is 2.90. The number of hydrogen-bond donors (Lipinski definition) is 2. The number of alkyl halides is 1. The maximum Gasteiger partial charge on any atom is 0.421 e. The lowest BCUT2D eigenvalue weighted by atomic mass is 10.0. The topological polar surface area (TPSA) is 84.5 Å². The van der Waals surface area contributed by atoms with Crippen LogP contribution in [0, 0.1) is 5.92 Å². The van der Waals surface area contributed by atoms with Gasteiger partial charge in [0.15, 0.2) is 0 Å². The van der Waals surface area contributed by atoms with E-state index in [0.717, 1.165) is 24.6 Å². The summed E-state index contributed by atoms with van der Waals surface area (Å²) in [4.78, 5) is 11.0. The molecule has 0 aliphatic carbocycles. The summed E-state index contributed by atoms with van der Waals surface area (Å²) in [5.41, 5.74) is 0. The molecule has 8 heteroatoms. The van der Waals surface area contributed by atoms with E-state index in [9.17, 15) is 13.2 Å². The molecule has 0 saturated heterocycles. The molecular formula is C10H21BrN2O4S. The number of halogens is 1. The highest BCUT2D eigenvalue weighted by Gasteiger charge is 2.16. The first-order valence-electron chi connectivity index (χ1n) is 5.95. The summed E-state index contributed by atoms with van der Waals surface area (Å²) in [6.45, 7) is 4.09. The quantitative estimate of drug-likeness (QED) is 0.624. The largest absolute Gasteiger partial charge is 0.449 e. The molecule has 1 unspecified atom stereocenters. The molecule has 2 N–H and O–H groups in total. The highest BCUT2D eigenvalue weighted by molar-refractivity contribution is 9.09. The Labute approximate surface area is 117 Å². The van der Waals surface area contributed by atoms with Gasteiger partial charge in [0.05, 0.1) is 6.61 Å². The van der Waals surface area contributed by atoms with Gasteiger partial charge in [-0.15, -0.1) is 0 Å². The van der Waals surface area contributed by atoms with Crippen molar-refractivity contribution in [1.29, 1.82) is 0 Å². The second-order valence-electron chi connectivity index (χ2n) is 3.81. The lowest BCUT2D eigenvalue weighted by Gasteiger charge is -2.15. The minimum Gasteiger partial charge on any atom is -0.449 e. The molecule has 1 atom stereocenters. The lowest BCUT2D eigenvalue weighted by molar-refractivity contribution is 0.158. The van der Waals surface area contributed by atoms with Gasteiger partial charge in [0.1, 0.15) is 0 Å². The predicted molar refractivity (Wildman–Crippen MR) is 73.9 cm³/mol. The summed E-state index contributed by atoms with van der Waals surface area (Å²) >= 11 is 3.33. The molecule has 0 bridgehead atoms. The molecule has 6 nitrogen and oxygen atoms in total. The van der Waals surface area contributed by atoms with Crippen LogP contribution in [0.2, 0.25) is 0 Å². The zero-order valence-electron chi connectivity index (χ0n) is 10.7. The lowest BCUT2D eigenvalue weighted by Crippen LogP contribution is -2.42. The summed E-state index contributed by atoms with van der Waals surface area (Å²) < 4.78 is 31.6. The number of carbonyl (C=O) groups excluding carboxylic acids is 1. The first-order valence-corrected chi connectivity index (χ1v) is 8.55. The average Bonchev–Trinajstić information content (AvgIpc) is 2.26. The van der Waals surface area contributed by atoms with E-state index in [0.29, 0.717) is 6.54 Å². The molecule has 1 amide bonds. The van der Waals surface area contributed by atoms with Crippen molar-refractivity contribution in [1.82, 2.24) is 9.44 Å². The smallest absolute Gasteiger partial charge is 0.421 e. The van der Waals surface area contributed by atoms with E-state index in [1.807, 2.05) is 6.92 Å². The van der Waals surface area contributed by atoms with Crippen LogP contribution in [0.3, 0.4) is 0 Å². The van der Waals surface area contributed by atoms with E-state index in [2.05, 4.69) is 25.4 Å². The van der Waals surface area contributed by atoms with Gasteiger partial charge in [-0.05, 0) is 25.7 Å². The van der Waals surface area contributed by atoms with Gasteiger partial charge in [0.25, 0.3) is 0 Å². The van der Waals surface area contributed by atoms with E-state index in [1.54, 1.807) is 11.6 Å². The summed E-state index contributed by atoms with van der Waals surface area (Å²) in [6.07, 6.45) is 1.85. The van der Waals surface area contributed by atoms with Crippen molar-refractivity contribution in [2.24, 2.45) is 5.92 Å². The third-order valence-corrected chi connectivity index (χ3v) is 3.71. The molecule has 0 saturated carbocycles. The predicted octanol–water partition coefficient (Wildman–Crippen LogP) is 1.77. The maximum absolute atomic E-state index is 11.5. The number of ether oxygens (including phenoxy) is 1. The fourth-order valence-electron chi connectivity index (χ4n) is 1.44. The Kier molecular flexibility index (Phi) is 9.39. The van der Waals surface area contributed by atoms with Crippen LogP contribution in [0.1, 0.15) is 33.1 Å². The van der Waals surface area contributed by atoms with Gasteiger partial charge in [0.2, 0.25) is 0 Å². The van der Waals surface area contributed by atoms with E-state index in [-0.39, 0.29) is 12.5 Å². The van der Waals surface area contributed by atoms with Gasteiger partial charge in [-0.25, -0.2) is 9.52 Å². The molecule has 0 aliphatic heterocycles. The van der Waals surface area contributed by atoms with Crippen LogP contribution in [0.25, 0.3) is 0 Å². The van der Waals surface area contributed by atoms with Crippen molar-refractivity contribution in [2.75, 3.05) is 18.5 Å². The van der Waals surface area contributed by atoms with E-state index in [1.165, 1.54) is 0 Å². The first kappa shape index (κ1) is 17.7.